The Morgan fingerprint density at radius 3 is 2.63 bits per heavy atom. The van der Waals surface area contributed by atoms with E-state index in [0.717, 1.165) is 17.7 Å². The van der Waals surface area contributed by atoms with E-state index in [4.69, 9.17) is 10.5 Å². The Balaban J connectivity index is 2.59. The maximum absolute atomic E-state index is 11.6. The second kappa shape index (κ2) is 7.14. The van der Waals surface area contributed by atoms with Gasteiger partial charge in [-0.1, -0.05) is 13.0 Å². The summed E-state index contributed by atoms with van der Waals surface area (Å²) in [5, 5.41) is 2.91. The topological polar surface area (TPSA) is 64.3 Å². The van der Waals surface area contributed by atoms with E-state index in [2.05, 4.69) is 18.3 Å². The molecule has 0 spiro atoms. The van der Waals surface area contributed by atoms with Crippen molar-refractivity contribution in [2.45, 2.75) is 27.2 Å². The quantitative estimate of drug-likeness (QED) is 0.819. The number of carbonyl (C=O) groups excluding carboxylic acids is 1. The predicted octanol–water partition coefficient (Wildman–Crippen LogP) is 1.57. The third-order valence-corrected chi connectivity index (χ3v) is 3.35. The van der Waals surface area contributed by atoms with E-state index >= 15 is 0 Å². The molecule has 0 aliphatic heterocycles. The molecule has 0 aliphatic rings. The lowest BCUT2D eigenvalue weighted by Gasteiger charge is -2.13. The van der Waals surface area contributed by atoms with Gasteiger partial charge in [-0.3, -0.25) is 4.79 Å². The fraction of sp³-hybridized carbons (Fsp3) is 0.533. The van der Waals surface area contributed by atoms with Gasteiger partial charge in [-0.05, 0) is 43.0 Å². The number of methoxy groups -OCH3 is 1. The van der Waals surface area contributed by atoms with Gasteiger partial charge in [-0.25, -0.2) is 0 Å². The Morgan fingerprint density at radius 2 is 2.05 bits per heavy atom. The number of ether oxygens (including phenoxy) is 1. The third-order valence-electron chi connectivity index (χ3n) is 3.35. The standard InChI is InChI=1S/C15H24N2O2/c1-10-8-14(19-4)11(2)7-13(10)5-6-17-15(18)12(3)9-16/h7-8,12H,5-6,9,16H2,1-4H3,(H,17,18). The van der Waals surface area contributed by atoms with Crippen molar-refractivity contribution in [1.29, 1.82) is 0 Å². The van der Waals surface area contributed by atoms with Crippen LogP contribution >= 0.6 is 0 Å². The highest BCUT2D eigenvalue weighted by Gasteiger charge is 2.10. The van der Waals surface area contributed by atoms with Crippen LogP contribution in [0.15, 0.2) is 12.1 Å². The summed E-state index contributed by atoms with van der Waals surface area (Å²) < 4.78 is 5.29. The molecule has 0 radical (unpaired) electrons. The number of nitrogens with two attached hydrogens (primary N) is 1. The zero-order valence-corrected chi connectivity index (χ0v) is 12.2. The maximum Gasteiger partial charge on any atom is 0.224 e. The summed E-state index contributed by atoms with van der Waals surface area (Å²) in [6, 6.07) is 4.15. The van der Waals surface area contributed by atoms with Crippen LogP contribution in [-0.4, -0.2) is 26.1 Å². The van der Waals surface area contributed by atoms with Gasteiger partial charge in [0, 0.05) is 19.0 Å². The third kappa shape index (κ3) is 4.24. The van der Waals surface area contributed by atoms with E-state index < -0.39 is 0 Å². The summed E-state index contributed by atoms with van der Waals surface area (Å²) in [5.41, 5.74) is 8.99. The van der Waals surface area contributed by atoms with Crippen LogP contribution < -0.4 is 15.8 Å². The molecule has 0 fully saturated rings. The first-order valence-corrected chi connectivity index (χ1v) is 6.61. The highest BCUT2D eigenvalue weighted by atomic mass is 16.5. The minimum atomic E-state index is -0.126. The number of amides is 1. The van der Waals surface area contributed by atoms with E-state index in [1.165, 1.54) is 11.1 Å². The lowest BCUT2D eigenvalue weighted by atomic mass is 10.0. The van der Waals surface area contributed by atoms with Crippen molar-refractivity contribution in [3.8, 4) is 5.75 Å². The zero-order valence-electron chi connectivity index (χ0n) is 12.2. The zero-order chi connectivity index (χ0) is 14.4. The predicted molar refractivity (Wildman–Crippen MR) is 77.4 cm³/mol. The van der Waals surface area contributed by atoms with Gasteiger partial charge in [0.05, 0.1) is 7.11 Å². The SMILES string of the molecule is COc1cc(C)c(CCNC(=O)C(C)CN)cc1C. The molecule has 1 atom stereocenters. The monoisotopic (exact) mass is 264 g/mol. The van der Waals surface area contributed by atoms with E-state index in [1.54, 1.807) is 7.11 Å². The van der Waals surface area contributed by atoms with Crippen molar-refractivity contribution >= 4 is 5.91 Å². The van der Waals surface area contributed by atoms with Crippen molar-refractivity contribution < 1.29 is 9.53 Å². The number of rotatable bonds is 6. The summed E-state index contributed by atoms with van der Waals surface area (Å²) >= 11 is 0. The van der Waals surface area contributed by atoms with Crippen LogP contribution in [0.25, 0.3) is 0 Å². The first-order valence-electron chi connectivity index (χ1n) is 6.61. The first kappa shape index (κ1) is 15.5. The maximum atomic E-state index is 11.6. The average Bonchev–Trinajstić information content (AvgIpc) is 2.40. The lowest BCUT2D eigenvalue weighted by molar-refractivity contribution is -0.124. The molecule has 0 bridgehead atoms. The molecule has 0 aromatic heterocycles. The van der Waals surface area contributed by atoms with E-state index in [9.17, 15) is 4.79 Å². The molecule has 0 heterocycles. The number of benzene rings is 1. The van der Waals surface area contributed by atoms with Crippen LogP contribution in [-0.2, 0) is 11.2 Å². The largest absolute Gasteiger partial charge is 0.496 e. The number of aryl methyl sites for hydroxylation is 2. The Morgan fingerprint density at radius 1 is 1.37 bits per heavy atom. The molecule has 4 heteroatoms. The normalized spacial score (nSPS) is 12.1. The Labute approximate surface area is 115 Å². The summed E-state index contributed by atoms with van der Waals surface area (Å²) in [6.45, 7) is 6.93. The van der Waals surface area contributed by atoms with Gasteiger partial charge in [0.2, 0.25) is 5.91 Å². The van der Waals surface area contributed by atoms with Gasteiger partial charge in [0.25, 0.3) is 0 Å². The molecule has 0 saturated carbocycles. The summed E-state index contributed by atoms with van der Waals surface area (Å²) in [5.74, 6) is 0.797. The van der Waals surface area contributed by atoms with Gasteiger partial charge >= 0.3 is 0 Å². The van der Waals surface area contributed by atoms with Gasteiger partial charge in [-0.15, -0.1) is 0 Å². The minimum absolute atomic E-state index is 0.0189. The van der Waals surface area contributed by atoms with Gasteiger partial charge in [-0.2, -0.15) is 0 Å². The van der Waals surface area contributed by atoms with Crippen LogP contribution in [0, 0.1) is 19.8 Å². The Bertz CT molecular complexity index is 444. The molecule has 106 valence electrons. The molecule has 1 amide bonds. The Hall–Kier alpha value is -1.55. The number of hydrogen-bond donors (Lipinski definition) is 2. The van der Waals surface area contributed by atoms with Gasteiger partial charge in [0.1, 0.15) is 5.75 Å². The van der Waals surface area contributed by atoms with Gasteiger partial charge < -0.3 is 15.8 Å². The average molecular weight is 264 g/mol. The molecule has 1 unspecified atom stereocenters. The molecule has 0 saturated heterocycles. The molecule has 0 aliphatic carbocycles. The van der Waals surface area contributed by atoms with Crippen molar-refractivity contribution in [3.63, 3.8) is 0 Å². The van der Waals surface area contributed by atoms with Crippen molar-refractivity contribution in [2.75, 3.05) is 20.2 Å². The highest BCUT2D eigenvalue weighted by molar-refractivity contribution is 5.78. The van der Waals surface area contributed by atoms with Crippen LogP contribution in [0.5, 0.6) is 5.75 Å². The van der Waals surface area contributed by atoms with Crippen molar-refractivity contribution in [1.82, 2.24) is 5.32 Å². The Kier molecular flexibility index (Phi) is 5.83. The molecular weight excluding hydrogens is 240 g/mol. The van der Waals surface area contributed by atoms with Crippen molar-refractivity contribution in [2.24, 2.45) is 11.7 Å². The second-order valence-corrected chi connectivity index (χ2v) is 4.93. The van der Waals surface area contributed by atoms with Crippen LogP contribution in [0.4, 0.5) is 0 Å². The molecule has 1 rings (SSSR count). The molecule has 1 aromatic carbocycles. The molecular formula is C15H24N2O2. The van der Waals surface area contributed by atoms with Crippen LogP contribution in [0.2, 0.25) is 0 Å². The van der Waals surface area contributed by atoms with Crippen LogP contribution in [0.1, 0.15) is 23.6 Å². The molecule has 1 aromatic rings. The smallest absolute Gasteiger partial charge is 0.224 e. The summed E-state index contributed by atoms with van der Waals surface area (Å²) in [4.78, 5) is 11.6. The second-order valence-electron chi connectivity index (χ2n) is 4.93. The number of hydrogen-bond acceptors (Lipinski definition) is 3. The van der Waals surface area contributed by atoms with Crippen molar-refractivity contribution in [3.05, 3.63) is 28.8 Å². The van der Waals surface area contributed by atoms with Gasteiger partial charge in [0.15, 0.2) is 0 Å². The number of carbonyl (C=O) groups is 1. The summed E-state index contributed by atoms with van der Waals surface area (Å²) in [6.07, 6.45) is 0.819. The molecule has 4 nitrogen and oxygen atoms in total. The fourth-order valence-electron chi connectivity index (χ4n) is 1.94. The highest BCUT2D eigenvalue weighted by Crippen LogP contribution is 2.22. The van der Waals surface area contributed by atoms with Crippen LogP contribution in [0.3, 0.4) is 0 Å². The first-order chi connectivity index (χ1) is 8.99. The minimum Gasteiger partial charge on any atom is -0.496 e. The summed E-state index contributed by atoms with van der Waals surface area (Å²) in [7, 11) is 1.68. The van der Waals surface area contributed by atoms with E-state index in [0.29, 0.717) is 13.1 Å². The van der Waals surface area contributed by atoms with E-state index in [1.807, 2.05) is 19.9 Å². The fourth-order valence-corrected chi connectivity index (χ4v) is 1.94. The molecule has 3 N–H and O–H groups in total. The lowest BCUT2D eigenvalue weighted by Crippen LogP contribution is -2.34. The molecule has 19 heavy (non-hydrogen) atoms. The van der Waals surface area contributed by atoms with E-state index in [-0.39, 0.29) is 11.8 Å². The number of nitrogens with one attached hydrogen (secondary N) is 1.